The highest BCUT2D eigenvalue weighted by Crippen LogP contribution is 2.24. The second kappa shape index (κ2) is 5.85. The molecule has 1 aromatic rings. The molecule has 0 aliphatic rings. The van der Waals surface area contributed by atoms with Crippen LogP contribution in [0.2, 0.25) is 0 Å². The lowest BCUT2D eigenvalue weighted by atomic mass is 9.99. The molecule has 0 heterocycles. The van der Waals surface area contributed by atoms with Crippen molar-refractivity contribution in [2.75, 3.05) is 20.3 Å². The van der Waals surface area contributed by atoms with Gasteiger partial charge in [0.1, 0.15) is 12.2 Å². The van der Waals surface area contributed by atoms with Gasteiger partial charge in [0, 0.05) is 7.11 Å². The fourth-order valence-corrected chi connectivity index (χ4v) is 1.19. The molecule has 0 spiro atoms. The summed E-state index contributed by atoms with van der Waals surface area (Å²) in [6.45, 7) is 4.90. The molecule has 3 heteroatoms. The van der Waals surface area contributed by atoms with E-state index in [2.05, 4.69) is 0 Å². The van der Waals surface area contributed by atoms with Gasteiger partial charge in [-0.25, -0.2) is 9.78 Å². The van der Waals surface area contributed by atoms with Gasteiger partial charge < -0.3 is 4.74 Å². The van der Waals surface area contributed by atoms with Gasteiger partial charge in [-0.05, 0) is 19.4 Å². The van der Waals surface area contributed by atoms with Gasteiger partial charge in [-0.2, -0.15) is 0 Å². The summed E-state index contributed by atoms with van der Waals surface area (Å²) in [4.78, 5) is 10.4. The highest BCUT2D eigenvalue weighted by molar-refractivity contribution is 5.20. The van der Waals surface area contributed by atoms with E-state index in [1.54, 1.807) is 7.11 Å². The average Bonchev–Trinajstić information content (AvgIpc) is 2.26. The SMILES string of the molecule is COCCOOC(C)(C)c1ccccc1. The monoisotopic (exact) mass is 210 g/mol. The molecule has 0 unspecified atom stereocenters. The normalized spacial score (nSPS) is 11.7. The zero-order valence-corrected chi connectivity index (χ0v) is 9.53. The van der Waals surface area contributed by atoms with Crippen LogP contribution >= 0.6 is 0 Å². The van der Waals surface area contributed by atoms with Crippen molar-refractivity contribution in [1.82, 2.24) is 0 Å². The van der Waals surface area contributed by atoms with Crippen molar-refractivity contribution in [3.05, 3.63) is 35.9 Å². The van der Waals surface area contributed by atoms with Gasteiger partial charge in [0.05, 0.1) is 6.61 Å². The number of hydrogen-bond acceptors (Lipinski definition) is 3. The highest BCUT2D eigenvalue weighted by Gasteiger charge is 2.22. The van der Waals surface area contributed by atoms with Crippen molar-refractivity contribution in [1.29, 1.82) is 0 Å². The van der Waals surface area contributed by atoms with Crippen molar-refractivity contribution >= 4 is 0 Å². The van der Waals surface area contributed by atoms with Crippen LogP contribution in [0.3, 0.4) is 0 Å². The Kier molecular flexibility index (Phi) is 4.75. The lowest BCUT2D eigenvalue weighted by Gasteiger charge is -2.23. The molecule has 0 radical (unpaired) electrons. The smallest absolute Gasteiger partial charge is 0.123 e. The molecule has 0 fully saturated rings. The predicted molar refractivity (Wildman–Crippen MR) is 58.4 cm³/mol. The van der Waals surface area contributed by atoms with Crippen LogP contribution < -0.4 is 0 Å². The molecule has 0 atom stereocenters. The molecule has 15 heavy (non-hydrogen) atoms. The Morgan fingerprint density at radius 3 is 2.33 bits per heavy atom. The fourth-order valence-electron chi connectivity index (χ4n) is 1.19. The third kappa shape index (κ3) is 4.00. The molecule has 0 N–H and O–H groups in total. The number of rotatable bonds is 6. The van der Waals surface area contributed by atoms with Gasteiger partial charge in [-0.1, -0.05) is 30.3 Å². The second-order valence-corrected chi connectivity index (χ2v) is 3.77. The molecule has 0 bridgehead atoms. The van der Waals surface area contributed by atoms with E-state index < -0.39 is 5.60 Å². The molecule has 0 aliphatic heterocycles. The molecule has 0 aliphatic carbocycles. The molecule has 0 saturated heterocycles. The van der Waals surface area contributed by atoms with E-state index >= 15 is 0 Å². The van der Waals surface area contributed by atoms with Crippen LogP contribution in [0.25, 0.3) is 0 Å². The highest BCUT2D eigenvalue weighted by atomic mass is 17.2. The molecular weight excluding hydrogens is 192 g/mol. The number of hydrogen-bond donors (Lipinski definition) is 0. The Balaban J connectivity index is 2.45. The minimum atomic E-state index is -0.436. The minimum absolute atomic E-state index is 0.436. The van der Waals surface area contributed by atoms with E-state index in [-0.39, 0.29) is 0 Å². The van der Waals surface area contributed by atoms with Crippen molar-refractivity contribution in [3.8, 4) is 0 Å². The van der Waals surface area contributed by atoms with Gasteiger partial charge in [0.25, 0.3) is 0 Å². The fraction of sp³-hybridized carbons (Fsp3) is 0.500. The van der Waals surface area contributed by atoms with Gasteiger partial charge in [-0.3, -0.25) is 0 Å². The van der Waals surface area contributed by atoms with Crippen LogP contribution in [0.1, 0.15) is 19.4 Å². The molecule has 3 nitrogen and oxygen atoms in total. The summed E-state index contributed by atoms with van der Waals surface area (Å²) < 4.78 is 4.86. The van der Waals surface area contributed by atoms with E-state index in [0.29, 0.717) is 13.2 Å². The number of ether oxygens (including phenoxy) is 1. The number of methoxy groups -OCH3 is 1. The van der Waals surface area contributed by atoms with E-state index in [9.17, 15) is 0 Å². The molecule has 84 valence electrons. The van der Waals surface area contributed by atoms with Gasteiger partial charge >= 0.3 is 0 Å². The summed E-state index contributed by atoms with van der Waals surface area (Å²) in [6.07, 6.45) is 0. The first kappa shape index (κ1) is 12.2. The van der Waals surface area contributed by atoms with Crippen molar-refractivity contribution < 1.29 is 14.5 Å². The van der Waals surface area contributed by atoms with Crippen LogP contribution in [0.5, 0.6) is 0 Å². The van der Waals surface area contributed by atoms with Crippen LogP contribution in [0.15, 0.2) is 30.3 Å². The van der Waals surface area contributed by atoms with E-state index in [4.69, 9.17) is 14.5 Å². The average molecular weight is 210 g/mol. The predicted octanol–water partition coefficient (Wildman–Crippen LogP) is 2.52. The second-order valence-electron chi connectivity index (χ2n) is 3.77. The van der Waals surface area contributed by atoms with E-state index in [1.807, 2.05) is 44.2 Å². The molecule has 0 aromatic heterocycles. The van der Waals surface area contributed by atoms with Gasteiger partial charge in [-0.15, -0.1) is 0 Å². The van der Waals surface area contributed by atoms with Crippen molar-refractivity contribution in [3.63, 3.8) is 0 Å². The lowest BCUT2D eigenvalue weighted by Crippen LogP contribution is -2.22. The van der Waals surface area contributed by atoms with Crippen LogP contribution in [0.4, 0.5) is 0 Å². The van der Waals surface area contributed by atoms with Crippen molar-refractivity contribution in [2.45, 2.75) is 19.4 Å². The number of benzene rings is 1. The summed E-state index contributed by atoms with van der Waals surface area (Å²) in [5.74, 6) is 0. The molecule has 1 aromatic carbocycles. The quantitative estimate of drug-likeness (QED) is 0.410. The van der Waals surface area contributed by atoms with E-state index in [0.717, 1.165) is 5.56 Å². The summed E-state index contributed by atoms with van der Waals surface area (Å²) in [5.41, 5.74) is 0.650. The topological polar surface area (TPSA) is 27.7 Å². The summed E-state index contributed by atoms with van der Waals surface area (Å²) in [5, 5.41) is 0. The summed E-state index contributed by atoms with van der Waals surface area (Å²) in [7, 11) is 1.63. The Morgan fingerprint density at radius 1 is 1.07 bits per heavy atom. The Morgan fingerprint density at radius 2 is 1.73 bits per heavy atom. The Hall–Kier alpha value is -0.900. The van der Waals surface area contributed by atoms with Crippen LogP contribution in [0, 0.1) is 0 Å². The Labute approximate surface area is 90.9 Å². The first-order valence-corrected chi connectivity index (χ1v) is 5.02. The first-order valence-electron chi connectivity index (χ1n) is 5.02. The van der Waals surface area contributed by atoms with Crippen LogP contribution in [-0.4, -0.2) is 20.3 Å². The molecule has 0 saturated carbocycles. The van der Waals surface area contributed by atoms with Crippen molar-refractivity contribution in [2.24, 2.45) is 0 Å². The lowest BCUT2D eigenvalue weighted by molar-refractivity contribution is -0.360. The summed E-state index contributed by atoms with van der Waals surface area (Å²) in [6, 6.07) is 9.97. The third-order valence-corrected chi connectivity index (χ3v) is 2.11. The maximum absolute atomic E-state index is 5.34. The molecule has 0 amide bonds. The largest absolute Gasteiger partial charge is 0.382 e. The molecular formula is C12H18O3. The Bertz CT molecular complexity index is 269. The maximum atomic E-state index is 5.34. The van der Waals surface area contributed by atoms with Gasteiger partial charge in [0.15, 0.2) is 0 Å². The maximum Gasteiger partial charge on any atom is 0.123 e. The molecule has 1 rings (SSSR count). The third-order valence-electron chi connectivity index (χ3n) is 2.11. The standard InChI is InChI=1S/C12H18O3/c1-12(2,15-14-10-9-13-3)11-7-5-4-6-8-11/h4-8H,9-10H2,1-3H3. The zero-order valence-electron chi connectivity index (χ0n) is 9.53. The van der Waals surface area contributed by atoms with Gasteiger partial charge in [0.2, 0.25) is 0 Å². The summed E-state index contributed by atoms with van der Waals surface area (Å²) >= 11 is 0. The first-order chi connectivity index (χ1) is 7.17. The zero-order chi connectivity index (χ0) is 11.1. The van der Waals surface area contributed by atoms with Crippen LogP contribution in [-0.2, 0) is 20.1 Å². The van der Waals surface area contributed by atoms with E-state index in [1.165, 1.54) is 0 Å². The minimum Gasteiger partial charge on any atom is -0.382 e.